The summed E-state index contributed by atoms with van der Waals surface area (Å²) in [6, 6.07) is 4.02. The Morgan fingerprint density at radius 2 is 2.41 bits per heavy atom. The van der Waals surface area contributed by atoms with Gasteiger partial charge in [-0.2, -0.15) is 5.26 Å². The lowest BCUT2D eigenvalue weighted by Crippen LogP contribution is -2.17. The first-order chi connectivity index (χ1) is 8.20. The van der Waals surface area contributed by atoms with Gasteiger partial charge in [0.05, 0.1) is 6.10 Å². The van der Waals surface area contributed by atoms with E-state index in [1.807, 2.05) is 19.9 Å². The summed E-state index contributed by atoms with van der Waals surface area (Å²) in [5.41, 5.74) is 2.29. The van der Waals surface area contributed by atoms with Gasteiger partial charge in [0, 0.05) is 12.3 Å². The van der Waals surface area contributed by atoms with Crippen molar-refractivity contribution in [1.29, 1.82) is 5.26 Å². The van der Waals surface area contributed by atoms with Crippen LogP contribution in [0.4, 0.5) is 0 Å². The Kier molecular flexibility index (Phi) is 3.60. The molecule has 0 spiro atoms. The Bertz CT molecular complexity index is 445. The number of nitriles is 1. The van der Waals surface area contributed by atoms with Crippen LogP contribution in [-0.2, 0) is 4.74 Å². The minimum absolute atomic E-state index is 0.143. The van der Waals surface area contributed by atoms with Crippen molar-refractivity contribution in [2.75, 3.05) is 13.2 Å². The fourth-order valence-corrected chi connectivity index (χ4v) is 1.99. The summed E-state index contributed by atoms with van der Waals surface area (Å²) in [6.45, 7) is 5.07. The summed E-state index contributed by atoms with van der Waals surface area (Å²) in [5, 5.41) is 9.08. The molecular formula is C13H16N2O2. The van der Waals surface area contributed by atoms with E-state index in [1.165, 1.54) is 0 Å². The van der Waals surface area contributed by atoms with Crippen LogP contribution in [0.1, 0.15) is 29.7 Å². The Labute approximate surface area is 101 Å². The second kappa shape index (κ2) is 5.15. The molecule has 0 radical (unpaired) electrons. The van der Waals surface area contributed by atoms with Crippen LogP contribution in [0.2, 0.25) is 0 Å². The molecular weight excluding hydrogens is 216 g/mol. The molecule has 0 amide bonds. The Balaban J connectivity index is 2.11. The molecule has 1 aromatic rings. The third kappa shape index (κ3) is 2.75. The van der Waals surface area contributed by atoms with Crippen molar-refractivity contribution in [1.82, 2.24) is 4.98 Å². The Hall–Kier alpha value is -1.60. The molecule has 0 bridgehead atoms. The fourth-order valence-electron chi connectivity index (χ4n) is 1.99. The lowest BCUT2D eigenvalue weighted by atomic mass is 10.1. The first kappa shape index (κ1) is 11.9. The molecule has 1 unspecified atom stereocenters. The topological polar surface area (TPSA) is 55.1 Å². The second-order valence-electron chi connectivity index (χ2n) is 4.32. The molecule has 1 aliphatic heterocycles. The van der Waals surface area contributed by atoms with Crippen molar-refractivity contribution in [2.24, 2.45) is 0 Å². The van der Waals surface area contributed by atoms with Crippen LogP contribution in [0.5, 0.6) is 5.88 Å². The predicted molar refractivity (Wildman–Crippen MR) is 62.9 cm³/mol. The molecule has 1 aliphatic rings. The van der Waals surface area contributed by atoms with E-state index in [-0.39, 0.29) is 6.10 Å². The van der Waals surface area contributed by atoms with Gasteiger partial charge in [-0.25, -0.2) is 4.98 Å². The van der Waals surface area contributed by atoms with Crippen LogP contribution in [0, 0.1) is 25.2 Å². The molecule has 17 heavy (non-hydrogen) atoms. The average molecular weight is 232 g/mol. The van der Waals surface area contributed by atoms with Gasteiger partial charge in [0.2, 0.25) is 5.88 Å². The van der Waals surface area contributed by atoms with Crippen LogP contribution in [0.25, 0.3) is 0 Å². The summed E-state index contributed by atoms with van der Waals surface area (Å²) < 4.78 is 11.1. The molecule has 0 saturated carbocycles. The molecule has 0 N–H and O–H groups in total. The maximum Gasteiger partial charge on any atom is 0.232 e. The number of rotatable bonds is 3. The molecule has 4 nitrogen and oxygen atoms in total. The summed E-state index contributed by atoms with van der Waals surface area (Å²) >= 11 is 0. The van der Waals surface area contributed by atoms with Crippen molar-refractivity contribution in [3.8, 4) is 11.9 Å². The van der Waals surface area contributed by atoms with E-state index in [1.54, 1.807) is 0 Å². The highest BCUT2D eigenvalue weighted by atomic mass is 16.5. The molecule has 90 valence electrons. The minimum atomic E-state index is 0.143. The lowest BCUT2D eigenvalue weighted by molar-refractivity contribution is 0.0661. The third-order valence-corrected chi connectivity index (χ3v) is 2.85. The number of pyridine rings is 1. The van der Waals surface area contributed by atoms with Gasteiger partial charge >= 0.3 is 0 Å². The van der Waals surface area contributed by atoms with Crippen molar-refractivity contribution >= 4 is 0 Å². The first-order valence-corrected chi connectivity index (χ1v) is 5.83. The van der Waals surface area contributed by atoms with E-state index in [2.05, 4.69) is 11.1 Å². The van der Waals surface area contributed by atoms with Crippen LogP contribution in [0.15, 0.2) is 6.07 Å². The van der Waals surface area contributed by atoms with E-state index in [9.17, 15) is 0 Å². The van der Waals surface area contributed by atoms with E-state index < -0.39 is 0 Å². The van der Waals surface area contributed by atoms with Gasteiger partial charge < -0.3 is 9.47 Å². The Morgan fingerprint density at radius 3 is 3.06 bits per heavy atom. The van der Waals surface area contributed by atoms with Crippen LogP contribution in [-0.4, -0.2) is 24.3 Å². The van der Waals surface area contributed by atoms with Gasteiger partial charge in [-0.1, -0.05) is 0 Å². The largest absolute Gasteiger partial charge is 0.474 e. The van der Waals surface area contributed by atoms with E-state index >= 15 is 0 Å². The summed E-state index contributed by atoms with van der Waals surface area (Å²) in [5.74, 6) is 0.431. The van der Waals surface area contributed by atoms with Gasteiger partial charge in [-0.05, 0) is 38.3 Å². The molecule has 0 aromatic carbocycles. The predicted octanol–water partition coefficient (Wildman–Crippen LogP) is 2.13. The number of ether oxygens (including phenoxy) is 2. The fraction of sp³-hybridized carbons (Fsp3) is 0.538. The molecule has 2 heterocycles. The highest BCUT2D eigenvalue weighted by Crippen LogP contribution is 2.21. The van der Waals surface area contributed by atoms with Gasteiger partial charge in [0.1, 0.15) is 18.2 Å². The van der Waals surface area contributed by atoms with E-state index in [4.69, 9.17) is 14.7 Å². The second-order valence-corrected chi connectivity index (χ2v) is 4.32. The maximum atomic E-state index is 9.08. The number of nitrogens with zero attached hydrogens (tertiary/aromatic N) is 2. The van der Waals surface area contributed by atoms with Crippen LogP contribution < -0.4 is 4.74 Å². The standard InChI is InChI=1S/C13H16N2O2/c1-9-6-10(2)15-13(12(9)7-14)17-8-11-4-3-5-16-11/h6,11H,3-5,8H2,1-2H3. The first-order valence-electron chi connectivity index (χ1n) is 5.83. The highest BCUT2D eigenvalue weighted by molar-refractivity contribution is 5.45. The quantitative estimate of drug-likeness (QED) is 0.801. The van der Waals surface area contributed by atoms with Crippen molar-refractivity contribution < 1.29 is 9.47 Å². The minimum Gasteiger partial charge on any atom is -0.474 e. The third-order valence-electron chi connectivity index (χ3n) is 2.85. The van der Waals surface area contributed by atoms with E-state index in [0.717, 1.165) is 30.7 Å². The zero-order valence-corrected chi connectivity index (χ0v) is 10.2. The monoisotopic (exact) mass is 232 g/mol. The summed E-state index contributed by atoms with van der Waals surface area (Å²) in [4.78, 5) is 4.27. The van der Waals surface area contributed by atoms with E-state index in [0.29, 0.717) is 18.1 Å². The number of hydrogen-bond acceptors (Lipinski definition) is 4. The molecule has 1 atom stereocenters. The zero-order chi connectivity index (χ0) is 12.3. The van der Waals surface area contributed by atoms with Crippen molar-refractivity contribution in [3.63, 3.8) is 0 Å². The van der Waals surface area contributed by atoms with Gasteiger partial charge in [-0.15, -0.1) is 0 Å². The summed E-state index contributed by atoms with van der Waals surface area (Å²) in [7, 11) is 0. The molecule has 2 rings (SSSR count). The number of aryl methyl sites for hydroxylation is 2. The Morgan fingerprint density at radius 1 is 1.59 bits per heavy atom. The van der Waals surface area contributed by atoms with Crippen molar-refractivity contribution in [2.45, 2.75) is 32.8 Å². The van der Waals surface area contributed by atoms with Gasteiger partial charge in [0.25, 0.3) is 0 Å². The summed E-state index contributed by atoms with van der Waals surface area (Å²) in [6.07, 6.45) is 2.25. The van der Waals surface area contributed by atoms with Crippen LogP contribution >= 0.6 is 0 Å². The molecule has 4 heteroatoms. The molecule has 0 aliphatic carbocycles. The number of hydrogen-bond donors (Lipinski definition) is 0. The average Bonchev–Trinajstić information content (AvgIpc) is 2.78. The zero-order valence-electron chi connectivity index (χ0n) is 10.2. The SMILES string of the molecule is Cc1cc(C)c(C#N)c(OCC2CCCO2)n1. The molecule has 1 aromatic heterocycles. The number of aromatic nitrogens is 1. The smallest absolute Gasteiger partial charge is 0.232 e. The normalized spacial score (nSPS) is 19.0. The van der Waals surface area contributed by atoms with Gasteiger partial charge in [-0.3, -0.25) is 0 Å². The lowest BCUT2D eigenvalue weighted by Gasteiger charge is -2.13. The highest BCUT2D eigenvalue weighted by Gasteiger charge is 2.18. The van der Waals surface area contributed by atoms with Crippen molar-refractivity contribution in [3.05, 3.63) is 22.9 Å². The molecule has 1 fully saturated rings. The van der Waals surface area contributed by atoms with Crippen LogP contribution in [0.3, 0.4) is 0 Å². The molecule has 1 saturated heterocycles. The maximum absolute atomic E-state index is 9.08. The van der Waals surface area contributed by atoms with Gasteiger partial charge in [0.15, 0.2) is 0 Å².